The van der Waals surface area contributed by atoms with Gasteiger partial charge in [0.2, 0.25) is 0 Å². The van der Waals surface area contributed by atoms with E-state index in [1.807, 2.05) is 13.8 Å². The largest absolute Gasteiger partial charge is 0.394 e. The van der Waals surface area contributed by atoms with Crippen LogP contribution >= 0.6 is 15.9 Å². The molecule has 0 saturated carbocycles. The lowest BCUT2D eigenvalue weighted by molar-refractivity contribution is -0.384. The van der Waals surface area contributed by atoms with Crippen LogP contribution in [0.25, 0.3) is 0 Å². The van der Waals surface area contributed by atoms with Gasteiger partial charge in [-0.2, -0.15) is 0 Å². The number of halogens is 2. The quantitative estimate of drug-likeness (QED) is 0.646. The lowest BCUT2D eigenvalue weighted by Crippen LogP contribution is -2.29. The maximum absolute atomic E-state index is 13.3. The molecule has 0 bridgehead atoms. The molecule has 2 N–H and O–H groups in total. The van der Waals surface area contributed by atoms with Gasteiger partial charge in [0.15, 0.2) is 0 Å². The van der Waals surface area contributed by atoms with E-state index in [-0.39, 0.29) is 34.4 Å². The maximum atomic E-state index is 13.3. The number of nitro groups is 1. The van der Waals surface area contributed by atoms with Crippen LogP contribution in [0.2, 0.25) is 0 Å². The SMILES string of the molecule is CC(C)[C@@H](CO)Nc1cc(Br)c(F)cc1[N+](=O)[O-]. The van der Waals surface area contributed by atoms with Crippen molar-refractivity contribution in [3.8, 4) is 0 Å². The van der Waals surface area contributed by atoms with Crippen LogP contribution in [0.4, 0.5) is 15.8 Å². The average molecular weight is 321 g/mol. The number of anilines is 1. The number of rotatable bonds is 5. The highest BCUT2D eigenvalue weighted by Crippen LogP contribution is 2.31. The summed E-state index contributed by atoms with van der Waals surface area (Å²) in [7, 11) is 0. The third kappa shape index (κ3) is 3.39. The Balaban J connectivity index is 3.14. The van der Waals surface area contributed by atoms with Crippen molar-refractivity contribution < 1.29 is 14.4 Å². The van der Waals surface area contributed by atoms with Crippen molar-refractivity contribution in [1.29, 1.82) is 0 Å². The lowest BCUT2D eigenvalue weighted by atomic mass is 10.0. The predicted octanol–water partition coefficient (Wildman–Crippen LogP) is 2.93. The van der Waals surface area contributed by atoms with E-state index < -0.39 is 10.7 Å². The van der Waals surface area contributed by atoms with Crippen LogP contribution in [0.5, 0.6) is 0 Å². The van der Waals surface area contributed by atoms with Gasteiger partial charge in [0.05, 0.1) is 28.1 Å². The van der Waals surface area contributed by atoms with Crippen molar-refractivity contribution >= 4 is 27.3 Å². The predicted molar refractivity (Wildman–Crippen MR) is 70.1 cm³/mol. The molecule has 0 aromatic heterocycles. The van der Waals surface area contributed by atoms with Crippen LogP contribution in [-0.4, -0.2) is 22.7 Å². The van der Waals surface area contributed by atoms with Gasteiger partial charge < -0.3 is 10.4 Å². The fourth-order valence-electron chi connectivity index (χ4n) is 1.43. The van der Waals surface area contributed by atoms with E-state index >= 15 is 0 Å². The topological polar surface area (TPSA) is 75.4 Å². The summed E-state index contributed by atoms with van der Waals surface area (Å²) in [5.74, 6) is -0.615. The highest BCUT2D eigenvalue weighted by Gasteiger charge is 2.21. The molecule has 5 nitrogen and oxygen atoms in total. The van der Waals surface area contributed by atoms with Gasteiger partial charge in [-0.1, -0.05) is 13.8 Å². The smallest absolute Gasteiger partial charge is 0.295 e. The fraction of sp³-hybridized carbons (Fsp3) is 0.455. The molecule has 1 aromatic rings. The van der Waals surface area contributed by atoms with E-state index in [1.54, 1.807) is 0 Å². The molecule has 0 aliphatic heterocycles. The zero-order valence-corrected chi connectivity index (χ0v) is 11.6. The third-order valence-electron chi connectivity index (χ3n) is 2.58. The van der Waals surface area contributed by atoms with Gasteiger partial charge in [0.1, 0.15) is 11.5 Å². The summed E-state index contributed by atoms with van der Waals surface area (Å²) >= 11 is 2.98. The Bertz CT molecular complexity index is 454. The summed E-state index contributed by atoms with van der Waals surface area (Å²) in [5, 5.41) is 22.9. The molecule has 1 rings (SSSR count). The molecule has 18 heavy (non-hydrogen) atoms. The van der Waals surface area contributed by atoms with Crippen LogP contribution in [-0.2, 0) is 0 Å². The first-order chi connectivity index (χ1) is 8.36. The van der Waals surface area contributed by atoms with Crippen LogP contribution in [0.3, 0.4) is 0 Å². The average Bonchev–Trinajstić information content (AvgIpc) is 2.29. The van der Waals surface area contributed by atoms with Gasteiger partial charge in [-0.05, 0) is 27.9 Å². The third-order valence-corrected chi connectivity index (χ3v) is 3.19. The first-order valence-corrected chi connectivity index (χ1v) is 6.17. The Hall–Kier alpha value is -1.21. The molecule has 1 atom stereocenters. The standard InChI is InChI=1S/C11H14BrFN2O3/c1-6(2)10(5-16)14-9-3-7(12)8(13)4-11(9)15(17)18/h3-4,6,10,14,16H,5H2,1-2H3/t10-/m1/s1. The van der Waals surface area contributed by atoms with Crippen molar-refractivity contribution in [3.05, 3.63) is 32.5 Å². The molecule has 7 heteroatoms. The van der Waals surface area contributed by atoms with Gasteiger partial charge >= 0.3 is 0 Å². The summed E-state index contributed by atoms with van der Waals surface area (Å²) in [6.45, 7) is 3.58. The molecule has 1 aromatic carbocycles. The van der Waals surface area contributed by atoms with Crippen molar-refractivity contribution in [2.45, 2.75) is 19.9 Å². The Kier molecular flexibility index (Phi) is 5.03. The normalized spacial score (nSPS) is 12.6. The zero-order valence-electron chi connectivity index (χ0n) is 9.98. The molecule has 0 amide bonds. The number of nitrogens with one attached hydrogen (secondary N) is 1. The highest BCUT2D eigenvalue weighted by molar-refractivity contribution is 9.10. The van der Waals surface area contributed by atoms with Crippen molar-refractivity contribution in [2.24, 2.45) is 5.92 Å². The molecular formula is C11H14BrFN2O3. The Labute approximate surface area is 112 Å². The van der Waals surface area contributed by atoms with E-state index in [2.05, 4.69) is 21.2 Å². The summed E-state index contributed by atoms with van der Waals surface area (Å²) in [4.78, 5) is 10.2. The summed E-state index contributed by atoms with van der Waals surface area (Å²) in [6, 6.07) is 1.82. The highest BCUT2D eigenvalue weighted by atomic mass is 79.9. The Morgan fingerprint density at radius 3 is 2.61 bits per heavy atom. The molecule has 0 unspecified atom stereocenters. The number of nitrogens with zero attached hydrogens (tertiary/aromatic N) is 1. The molecule has 100 valence electrons. The molecule has 0 radical (unpaired) electrons. The minimum atomic E-state index is -0.697. The van der Waals surface area contributed by atoms with Gasteiger partial charge in [-0.25, -0.2) is 4.39 Å². The zero-order chi connectivity index (χ0) is 13.9. The molecule has 0 spiro atoms. The van der Waals surface area contributed by atoms with E-state index in [1.165, 1.54) is 6.07 Å². The summed E-state index contributed by atoms with van der Waals surface area (Å²) < 4.78 is 13.4. The number of hydrogen-bond donors (Lipinski definition) is 2. The van der Waals surface area contributed by atoms with Gasteiger partial charge in [0.25, 0.3) is 5.69 Å². The second-order valence-electron chi connectivity index (χ2n) is 4.22. The number of aliphatic hydroxyl groups excluding tert-OH is 1. The number of aliphatic hydroxyl groups is 1. The van der Waals surface area contributed by atoms with Crippen molar-refractivity contribution in [2.75, 3.05) is 11.9 Å². The van der Waals surface area contributed by atoms with Crippen LogP contribution < -0.4 is 5.32 Å². The first-order valence-electron chi connectivity index (χ1n) is 5.37. The first kappa shape index (κ1) is 14.8. The summed E-state index contributed by atoms with van der Waals surface area (Å²) in [6.07, 6.45) is 0. The van der Waals surface area contributed by atoms with E-state index in [4.69, 9.17) is 0 Å². The van der Waals surface area contributed by atoms with Gasteiger partial charge in [-0.15, -0.1) is 0 Å². The molecule has 0 aliphatic carbocycles. The van der Waals surface area contributed by atoms with E-state index in [9.17, 15) is 19.6 Å². The second kappa shape index (κ2) is 6.10. The van der Waals surface area contributed by atoms with E-state index in [0.717, 1.165) is 6.07 Å². The minimum Gasteiger partial charge on any atom is -0.394 e. The second-order valence-corrected chi connectivity index (χ2v) is 5.07. The monoisotopic (exact) mass is 320 g/mol. The molecule has 0 saturated heterocycles. The number of nitro benzene ring substituents is 1. The molecule has 0 fully saturated rings. The minimum absolute atomic E-state index is 0.0819. The van der Waals surface area contributed by atoms with Crippen molar-refractivity contribution in [1.82, 2.24) is 0 Å². The Morgan fingerprint density at radius 2 is 2.17 bits per heavy atom. The van der Waals surface area contributed by atoms with E-state index in [0.29, 0.717) is 0 Å². The van der Waals surface area contributed by atoms with Gasteiger partial charge in [-0.3, -0.25) is 10.1 Å². The molecular weight excluding hydrogens is 307 g/mol. The molecule has 0 heterocycles. The number of benzene rings is 1. The van der Waals surface area contributed by atoms with Crippen LogP contribution in [0.1, 0.15) is 13.8 Å². The van der Waals surface area contributed by atoms with Crippen LogP contribution in [0, 0.1) is 21.8 Å². The Morgan fingerprint density at radius 1 is 1.56 bits per heavy atom. The maximum Gasteiger partial charge on any atom is 0.295 e. The lowest BCUT2D eigenvalue weighted by Gasteiger charge is -2.21. The van der Waals surface area contributed by atoms with Crippen LogP contribution in [0.15, 0.2) is 16.6 Å². The summed E-state index contributed by atoms with van der Waals surface area (Å²) in [5.41, 5.74) is -0.171. The van der Waals surface area contributed by atoms with Gasteiger partial charge in [0, 0.05) is 0 Å². The van der Waals surface area contributed by atoms with Crippen molar-refractivity contribution in [3.63, 3.8) is 0 Å². The molecule has 0 aliphatic rings. The fourth-order valence-corrected chi connectivity index (χ4v) is 1.77. The number of hydrogen-bond acceptors (Lipinski definition) is 4.